The lowest BCUT2D eigenvalue weighted by Crippen LogP contribution is -2.31. The zero-order chi connectivity index (χ0) is 10.6. The molecule has 0 fully saturated rings. The van der Waals surface area contributed by atoms with Gasteiger partial charge in [0, 0.05) is 17.0 Å². The minimum atomic E-state index is 0.0811. The molecule has 2 N–H and O–H groups in total. The van der Waals surface area contributed by atoms with E-state index in [0.29, 0.717) is 0 Å². The van der Waals surface area contributed by atoms with E-state index in [2.05, 4.69) is 11.4 Å². The van der Waals surface area contributed by atoms with Gasteiger partial charge in [0.2, 0.25) is 0 Å². The smallest absolute Gasteiger partial charge is 0.110 e. The van der Waals surface area contributed by atoms with Gasteiger partial charge in [0.05, 0.1) is 6.61 Å². The second-order valence-corrected chi connectivity index (χ2v) is 4.40. The molecule has 1 aromatic rings. The standard InChI is InChI=1S/C10H14N2OS/c1-7(6-13)12-8(2)10-4-3-9(5-11)14-10/h3-4,7-8,12-13H,6H2,1-2H3/t7-,8?/m1/s1. The number of hydrogen-bond donors (Lipinski definition) is 2. The number of nitrogens with zero attached hydrogens (tertiary/aromatic N) is 1. The largest absolute Gasteiger partial charge is 0.395 e. The number of aliphatic hydroxyl groups excluding tert-OH is 1. The molecule has 0 saturated carbocycles. The Labute approximate surface area is 88.0 Å². The van der Waals surface area contributed by atoms with Crippen molar-refractivity contribution in [2.75, 3.05) is 6.61 Å². The second-order valence-electron chi connectivity index (χ2n) is 3.29. The van der Waals surface area contributed by atoms with Gasteiger partial charge in [-0.2, -0.15) is 5.26 Å². The van der Waals surface area contributed by atoms with Crippen LogP contribution in [0.15, 0.2) is 12.1 Å². The molecule has 0 spiro atoms. The molecule has 0 bridgehead atoms. The minimum Gasteiger partial charge on any atom is -0.395 e. The van der Waals surface area contributed by atoms with Gasteiger partial charge in [-0.15, -0.1) is 11.3 Å². The van der Waals surface area contributed by atoms with Crippen LogP contribution in [0.5, 0.6) is 0 Å². The second kappa shape index (κ2) is 5.11. The van der Waals surface area contributed by atoms with Crippen LogP contribution in [0.2, 0.25) is 0 Å². The molecule has 0 aliphatic heterocycles. The quantitative estimate of drug-likeness (QED) is 0.794. The summed E-state index contributed by atoms with van der Waals surface area (Å²) >= 11 is 1.49. The molecule has 0 radical (unpaired) electrons. The molecule has 4 heteroatoms. The summed E-state index contributed by atoms with van der Waals surface area (Å²) in [7, 11) is 0. The molecule has 0 amide bonds. The van der Waals surface area contributed by atoms with Gasteiger partial charge in [0.25, 0.3) is 0 Å². The van der Waals surface area contributed by atoms with Gasteiger partial charge in [-0.3, -0.25) is 0 Å². The van der Waals surface area contributed by atoms with Crippen molar-refractivity contribution in [3.63, 3.8) is 0 Å². The summed E-state index contributed by atoms with van der Waals surface area (Å²) in [5.74, 6) is 0. The van der Waals surface area contributed by atoms with Crippen molar-refractivity contribution in [1.82, 2.24) is 5.32 Å². The Bertz CT molecular complexity index is 329. The van der Waals surface area contributed by atoms with E-state index < -0.39 is 0 Å². The van der Waals surface area contributed by atoms with E-state index in [-0.39, 0.29) is 18.7 Å². The van der Waals surface area contributed by atoms with Gasteiger partial charge in [0.15, 0.2) is 0 Å². The molecule has 1 unspecified atom stereocenters. The number of nitrogens with one attached hydrogen (secondary N) is 1. The van der Waals surface area contributed by atoms with E-state index in [1.54, 1.807) is 0 Å². The summed E-state index contributed by atoms with van der Waals surface area (Å²) in [6.07, 6.45) is 0. The Morgan fingerprint density at radius 1 is 1.57 bits per heavy atom. The SMILES string of the molecule is CC(N[C@H](C)CO)c1ccc(C#N)s1. The first-order valence-corrected chi connectivity index (χ1v) is 5.35. The number of rotatable bonds is 4. The van der Waals surface area contributed by atoms with Crippen LogP contribution in [0.1, 0.15) is 29.6 Å². The Morgan fingerprint density at radius 3 is 2.79 bits per heavy atom. The molecular weight excluding hydrogens is 196 g/mol. The molecule has 1 rings (SSSR count). The fourth-order valence-electron chi connectivity index (χ4n) is 1.21. The minimum absolute atomic E-state index is 0.0811. The first-order chi connectivity index (χ1) is 6.67. The van der Waals surface area contributed by atoms with Crippen molar-refractivity contribution >= 4 is 11.3 Å². The normalized spacial score (nSPS) is 14.7. The summed E-state index contributed by atoms with van der Waals surface area (Å²) in [5.41, 5.74) is 0. The molecule has 3 nitrogen and oxygen atoms in total. The number of nitriles is 1. The van der Waals surface area contributed by atoms with Crippen LogP contribution in [-0.4, -0.2) is 17.8 Å². The Kier molecular flexibility index (Phi) is 4.08. The molecule has 0 aliphatic rings. The fraction of sp³-hybridized carbons (Fsp3) is 0.500. The van der Waals surface area contributed by atoms with Crippen molar-refractivity contribution in [2.45, 2.75) is 25.9 Å². The monoisotopic (exact) mass is 210 g/mol. The molecule has 76 valence electrons. The summed E-state index contributed by atoms with van der Waals surface area (Å²) in [6, 6.07) is 6.15. The van der Waals surface area contributed by atoms with Gasteiger partial charge in [-0.05, 0) is 26.0 Å². The van der Waals surface area contributed by atoms with Crippen molar-refractivity contribution in [3.8, 4) is 6.07 Å². The van der Waals surface area contributed by atoms with Crippen LogP contribution >= 0.6 is 11.3 Å². The Balaban J connectivity index is 2.61. The van der Waals surface area contributed by atoms with Crippen LogP contribution < -0.4 is 5.32 Å². The van der Waals surface area contributed by atoms with E-state index >= 15 is 0 Å². The van der Waals surface area contributed by atoms with Crippen molar-refractivity contribution < 1.29 is 5.11 Å². The summed E-state index contributed by atoms with van der Waals surface area (Å²) in [4.78, 5) is 1.85. The first kappa shape index (κ1) is 11.2. The molecule has 0 aromatic carbocycles. The van der Waals surface area contributed by atoms with E-state index in [9.17, 15) is 0 Å². The zero-order valence-corrected chi connectivity index (χ0v) is 9.14. The highest BCUT2D eigenvalue weighted by Crippen LogP contribution is 2.22. The van der Waals surface area contributed by atoms with E-state index in [0.717, 1.165) is 9.75 Å². The zero-order valence-electron chi connectivity index (χ0n) is 8.32. The molecule has 14 heavy (non-hydrogen) atoms. The lowest BCUT2D eigenvalue weighted by Gasteiger charge is -2.16. The Hall–Kier alpha value is -0.890. The fourth-order valence-corrected chi connectivity index (χ4v) is 2.02. The molecule has 1 heterocycles. The maximum atomic E-state index is 8.87. The number of thiophene rings is 1. The topological polar surface area (TPSA) is 56.0 Å². The van der Waals surface area contributed by atoms with Gasteiger partial charge < -0.3 is 10.4 Å². The highest BCUT2D eigenvalue weighted by atomic mass is 32.1. The number of hydrogen-bond acceptors (Lipinski definition) is 4. The van der Waals surface area contributed by atoms with Crippen LogP contribution in [0, 0.1) is 11.3 Å². The van der Waals surface area contributed by atoms with Gasteiger partial charge in [-0.1, -0.05) is 0 Å². The van der Waals surface area contributed by atoms with E-state index in [1.165, 1.54) is 11.3 Å². The van der Waals surface area contributed by atoms with Crippen LogP contribution in [0.4, 0.5) is 0 Å². The first-order valence-electron chi connectivity index (χ1n) is 4.54. The average Bonchev–Trinajstić information content (AvgIpc) is 2.65. The molecule has 1 aromatic heterocycles. The molecule has 0 aliphatic carbocycles. The lowest BCUT2D eigenvalue weighted by atomic mass is 10.2. The molecule has 0 saturated heterocycles. The van der Waals surface area contributed by atoms with Crippen molar-refractivity contribution in [2.24, 2.45) is 0 Å². The lowest BCUT2D eigenvalue weighted by molar-refractivity contribution is 0.243. The predicted octanol–water partition coefficient (Wildman–Crippen LogP) is 1.65. The summed E-state index contributed by atoms with van der Waals surface area (Å²) in [5, 5.41) is 20.8. The van der Waals surface area contributed by atoms with Crippen molar-refractivity contribution in [1.29, 1.82) is 5.26 Å². The van der Waals surface area contributed by atoms with E-state index in [4.69, 9.17) is 10.4 Å². The maximum Gasteiger partial charge on any atom is 0.110 e. The molecule has 2 atom stereocenters. The third-order valence-corrected chi connectivity index (χ3v) is 3.14. The highest BCUT2D eigenvalue weighted by Gasteiger charge is 2.10. The van der Waals surface area contributed by atoms with Gasteiger partial charge >= 0.3 is 0 Å². The van der Waals surface area contributed by atoms with Gasteiger partial charge in [-0.25, -0.2) is 0 Å². The highest BCUT2D eigenvalue weighted by molar-refractivity contribution is 7.12. The average molecular weight is 210 g/mol. The van der Waals surface area contributed by atoms with Crippen LogP contribution in [0.3, 0.4) is 0 Å². The molecular formula is C10H14N2OS. The van der Waals surface area contributed by atoms with Crippen molar-refractivity contribution in [3.05, 3.63) is 21.9 Å². The van der Waals surface area contributed by atoms with Crippen LogP contribution in [-0.2, 0) is 0 Å². The van der Waals surface area contributed by atoms with Crippen LogP contribution in [0.25, 0.3) is 0 Å². The third kappa shape index (κ3) is 2.81. The predicted molar refractivity (Wildman–Crippen MR) is 57.1 cm³/mol. The van der Waals surface area contributed by atoms with E-state index in [1.807, 2.05) is 26.0 Å². The summed E-state index contributed by atoms with van der Waals surface area (Å²) < 4.78 is 0. The Morgan fingerprint density at radius 2 is 2.29 bits per heavy atom. The van der Waals surface area contributed by atoms with Gasteiger partial charge in [0.1, 0.15) is 10.9 Å². The maximum absolute atomic E-state index is 8.87. The number of aliphatic hydroxyl groups is 1. The third-order valence-electron chi connectivity index (χ3n) is 1.97. The summed E-state index contributed by atoms with van der Waals surface area (Å²) in [6.45, 7) is 4.08.